The Labute approximate surface area is 103 Å². The van der Waals surface area contributed by atoms with E-state index in [2.05, 4.69) is 24.1 Å². The molecule has 0 aromatic carbocycles. The molecule has 0 aliphatic heterocycles. The van der Waals surface area contributed by atoms with Crippen LogP contribution in [0.2, 0.25) is 0 Å². The summed E-state index contributed by atoms with van der Waals surface area (Å²) in [6, 6.07) is 2.31. The lowest BCUT2D eigenvalue weighted by atomic mass is 10.1. The monoisotopic (exact) mass is 237 g/mol. The molecule has 1 aromatic heterocycles. The van der Waals surface area contributed by atoms with E-state index in [0.29, 0.717) is 12.6 Å². The third-order valence-electron chi connectivity index (χ3n) is 2.88. The summed E-state index contributed by atoms with van der Waals surface area (Å²) in [6.45, 7) is 9.70. The third kappa shape index (κ3) is 3.97. The Balaban J connectivity index is 2.89. The van der Waals surface area contributed by atoms with Crippen molar-refractivity contribution in [1.29, 1.82) is 0 Å². The first-order chi connectivity index (χ1) is 8.08. The summed E-state index contributed by atoms with van der Waals surface area (Å²) in [6.07, 6.45) is 2.19. The molecule has 0 saturated carbocycles. The quantitative estimate of drug-likeness (QED) is 0.818. The minimum absolute atomic E-state index is 0.137. The van der Waals surface area contributed by atoms with E-state index in [9.17, 15) is 4.79 Å². The standard InChI is InChI=1S/C13H23N3O/c1-5-7-12(14-6-2)9-16-11(4)8-10(3)15-13(16)17/h8,12,14H,5-7,9H2,1-4H3. The molecule has 0 aliphatic rings. The second-order valence-electron chi connectivity index (χ2n) is 4.48. The molecular weight excluding hydrogens is 214 g/mol. The summed E-state index contributed by atoms with van der Waals surface area (Å²) >= 11 is 0. The molecular formula is C13H23N3O. The molecule has 4 nitrogen and oxygen atoms in total. The summed E-state index contributed by atoms with van der Waals surface area (Å²) in [5, 5.41) is 3.41. The van der Waals surface area contributed by atoms with Crippen molar-refractivity contribution in [3.05, 3.63) is 27.9 Å². The third-order valence-corrected chi connectivity index (χ3v) is 2.88. The number of hydrogen-bond donors (Lipinski definition) is 1. The van der Waals surface area contributed by atoms with Crippen LogP contribution < -0.4 is 11.0 Å². The van der Waals surface area contributed by atoms with Crippen molar-refractivity contribution in [3.63, 3.8) is 0 Å². The zero-order valence-electron chi connectivity index (χ0n) is 11.3. The molecule has 0 spiro atoms. The Bertz CT molecular complexity index is 406. The molecule has 0 aliphatic carbocycles. The maximum absolute atomic E-state index is 11.8. The summed E-state index contributed by atoms with van der Waals surface area (Å²) in [7, 11) is 0. The van der Waals surface area contributed by atoms with Gasteiger partial charge in [-0.15, -0.1) is 0 Å². The number of hydrogen-bond acceptors (Lipinski definition) is 3. The van der Waals surface area contributed by atoms with Gasteiger partial charge in [0.05, 0.1) is 0 Å². The number of aryl methyl sites for hydroxylation is 2. The summed E-state index contributed by atoms with van der Waals surface area (Å²) in [5.41, 5.74) is 1.64. The van der Waals surface area contributed by atoms with Crippen LogP contribution in [0.5, 0.6) is 0 Å². The van der Waals surface area contributed by atoms with Crippen molar-refractivity contribution in [2.75, 3.05) is 6.54 Å². The average Bonchev–Trinajstić information content (AvgIpc) is 2.23. The fourth-order valence-electron chi connectivity index (χ4n) is 2.11. The van der Waals surface area contributed by atoms with Gasteiger partial charge in [-0.25, -0.2) is 4.79 Å². The van der Waals surface area contributed by atoms with Crippen molar-refractivity contribution in [2.24, 2.45) is 0 Å². The van der Waals surface area contributed by atoms with Crippen LogP contribution in [0.25, 0.3) is 0 Å². The Morgan fingerprint density at radius 1 is 1.41 bits per heavy atom. The lowest BCUT2D eigenvalue weighted by molar-refractivity contribution is 0.415. The fraction of sp³-hybridized carbons (Fsp3) is 0.692. The van der Waals surface area contributed by atoms with Crippen molar-refractivity contribution in [1.82, 2.24) is 14.9 Å². The van der Waals surface area contributed by atoms with E-state index in [1.807, 2.05) is 19.9 Å². The van der Waals surface area contributed by atoms with Crippen LogP contribution in [0, 0.1) is 13.8 Å². The lowest BCUT2D eigenvalue weighted by Crippen LogP contribution is -2.38. The van der Waals surface area contributed by atoms with E-state index >= 15 is 0 Å². The molecule has 1 aromatic rings. The molecule has 0 fully saturated rings. The van der Waals surface area contributed by atoms with E-state index in [0.717, 1.165) is 30.8 Å². The maximum Gasteiger partial charge on any atom is 0.348 e. The van der Waals surface area contributed by atoms with Crippen LogP contribution in [0.15, 0.2) is 10.9 Å². The van der Waals surface area contributed by atoms with E-state index in [1.165, 1.54) is 0 Å². The highest BCUT2D eigenvalue weighted by atomic mass is 16.1. The summed E-state index contributed by atoms with van der Waals surface area (Å²) in [4.78, 5) is 15.8. The van der Waals surface area contributed by atoms with Crippen LogP contribution >= 0.6 is 0 Å². The van der Waals surface area contributed by atoms with Gasteiger partial charge in [0.1, 0.15) is 0 Å². The smallest absolute Gasteiger partial charge is 0.312 e. The highest BCUT2D eigenvalue weighted by Gasteiger charge is 2.10. The Kier molecular flexibility index (Phi) is 5.35. The fourth-order valence-corrected chi connectivity index (χ4v) is 2.11. The molecule has 0 radical (unpaired) electrons. The Morgan fingerprint density at radius 2 is 2.12 bits per heavy atom. The van der Waals surface area contributed by atoms with Gasteiger partial charge in [0.15, 0.2) is 0 Å². The Hall–Kier alpha value is -1.16. The topological polar surface area (TPSA) is 46.9 Å². The van der Waals surface area contributed by atoms with Gasteiger partial charge in [-0.2, -0.15) is 4.98 Å². The van der Waals surface area contributed by atoms with Crippen LogP contribution in [-0.2, 0) is 6.54 Å². The van der Waals surface area contributed by atoms with Crippen molar-refractivity contribution >= 4 is 0 Å². The van der Waals surface area contributed by atoms with Gasteiger partial charge in [-0.1, -0.05) is 20.3 Å². The molecule has 1 N–H and O–H groups in total. The first-order valence-corrected chi connectivity index (χ1v) is 6.37. The van der Waals surface area contributed by atoms with Crippen molar-refractivity contribution < 1.29 is 0 Å². The normalized spacial score (nSPS) is 12.7. The highest BCUT2D eigenvalue weighted by Crippen LogP contribution is 2.03. The van der Waals surface area contributed by atoms with E-state index in [-0.39, 0.29) is 5.69 Å². The molecule has 1 atom stereocenters. The predicted molar refractivity (Wildman–Crippen MR) is 70.3 cm³/mol. The summed E-state index contributed by atoms with van der Waals surface area (Å²) in [5.74, 6) is 0. The number of likely N-dealkylation sites (N-methyl/N-ethyl adjacent to an activating group) is 1. The van der Waals surface area contributed by atoms with Crippen LogP contribution in [-0.4, -0.2) is 22.1 Å². The second kappa shape index (κ2) is 6.55. The number of aromatic nitrogens is 2. The SMILES string of the molecule is CCCC(Cn1c(C)cc(C)nc1=O)NCC. The van der Waals surface area contributed by atoms with Gasteiger partial charge in [0.25, 0.3) is 0 Å². The van der Waals surface area contributed by atoms with Gasteiger partial charge >= 0.3 is 5.69 Å². The molecule has 4 heteroatoms. The number of nitrogens with one attached hydrogen (secondary N) is 1. The molecule has 0 saturated heterocycles. The first-order valence-electron chi connectivity index (χ1n) is 6.37. The molecule has 1 rings (SSSR count). The summed E-state index contributed by atoms with van der Waals surface area (Å²) < 4.78 is 1.76. The largest absolute Gasteiger partial charge is 0.348 e. The maximum atomic E-state index is 11.8. The van der Waals surface area contributed by atoms with Crippen LogP contribution in [0.4, 0.5) is 0 Å². The molecule has 0 amide bonds. The minimum atomic E-state index is -0.137. The van der Waals surface area contributed by atoms with E-state index < -0.39 is 0 Å². The van der Waals surface area contributed by atoms with Gasteiger partial charge < -0.3 is 5.32 Å². The number of rotatable bonds is 6. The zero-order valence-corrected chi connectivity index (χ0v) is 11.3. The van der Waals surface area contributed by atoms with Crippen LogP contribution in [0.3, 0.4) is 0 Å². The van der Waals surface area contributed by atoms with E-state index in [4.69, 9.17) is 0 Å². The van der Waals surface area contributed by atoms with Gasteiger partial charge in [0, 0.05) is 24.0 Å². The lowest BCUT2D eigenvalue weighted by Gasteiger charge is -2.19. The first kappa shape index (κ1) is 13.9. The van der Waals surface area contributed by atoms with Gasteiger partial charge in [0.2, 0.25) is 0 Å². The average molecular weight is 237 g/mol. The van der Waals surface area contributed by atoms with Gasteiger partial charge in [-0.3, -0.25) is 4.57 Å². The second-order valence-corrected chi connectivity index (χ2v) is 4.48. The van der Waals surface area contributed by atoms with E-state index in [1.54, 1.807) is 4.57 Å². The van der Waals surface area contributed by atoms with Crippen molar-refractivity contribution in [2.45, 2.75) is 53.1 Å². The predicted octanol–water partition coefficient (Wildman–Crippen LogP) is 1.64. The molecule has 0 bridgehead atoms. The molecule has 17 heavy (non-hydrogen) atoms. The molecule has 1 heterocycles. The van der Waals surface area contributed by atoms with Gasteiger partial charge in [-0.05, 0) is 32.9 Å². The van der Waals surface area contributed by atoms with Crippen molar-refractivity contribution in [3.8, 4) is 0 Å². The molecule has 96 valence electrons. The highest BCUT2D eigenvalue weighted by molar-refractivity contribution is 5.06. The number of nitrogens with zero attached hydrogens (tertiary/aromatic N) is 2. The van der Waals surface area contributed by atoms with Crippen LogP contribution in [0.1, 0.15) is 38.1 Å². The zero-order chi connectivity index (χ0) is 12.8. The Morgan fingerprint density at radius 3 is 2.65 bits per heavy atom. The molecule has 1 unspecified atom stereocenters. The minimum Gasteiger partial charge on any atom is -0.312 e.